The molecular weight excluding hydrogens is 314 g/mol. The Morgan fingerprint density at radius 2 is 1.92 bits per heavy atom. The minimum atomic E-state index is -0.865. The number of methoxy groups -OCH3 is 1. The maximum atomic E-state index is 12.6. The van der Waals surface area contributed by atoms with Crippen molar-refractivity contribution in [3.63, 3.8) is 0 Å². The third-order valence-corrected chi connectivity index (χ3v) is 3.51. The summed E-state index contributed by atoms with van der Waals surface area (Å²) in [6.07, 6.45) is 0. The summed E-state index contributed by atoms with van der Waals surface area (Å²) < 4.78 is 10.4. The summed E-state index contributed by atoms with van der Waals surface area (Å²) in [5.41, 5.74) is -0.509. The highest BCUT2D eigenvalue weighted by molar-refractivity contribution is 5.99. The van der Waals surface area contributed by atoms with Crippen LogP contribution < -0.4 is 5.43 Å². The molecule has 0 amide bonds. The minimum absolute atomic E-state index is 0.0609. The average molecular weight is 325 g/mol. The Morgan fingerprint density at radius 3 is 2.62 bits per heavy atom. The standard InChI is InChI=1S/C17H11NO6/c1-23-17(20)14-15(19)12-7-2-3-8-13(12)24-16(14)10-5-4-6-11(9-10)18(21)22/h2-9H,1H3. The van der Waals surface area contributed by atoms with Crippen molar-refractivity contribution in [3.8, 4) is 11.3 Å². The minimum Gasteiger partial charge on any atom is -0.465 e. The van der Waals surface area contributed by atoms with Gasteiger partial charge in [-0.1, -0.05) is 24.3 Å². The normalized spacial score (nSPS) is 10.5. The van der Waals surface area contributed by atoms with Gasteiger partial charge in [0.15, 0.2) is 11.3 Å². The molecule has 3 aromatic rings. The molecule has 1 heterocycles. The van der Waals surface area contributed by atoms with Crippen LogP contribution in [0.3, 0.4) is 0 Å². The molecule has 0 saturated carbocycles. The molecular formula is C17H11NO6. The van der Waals surface area contributed by atoms with Crippen LogP contribution in [0.25, 0.3) is 22.3 Å². The van der Waals surface area contributed by atoms with Crippen LogP contribution in [0.15, 0.2) is 57.7 Å². The monoisotopic (exact) mass is 325 g/mol. The fraction of sp³-hybridized carbons (Fsp3) is 0.0588. The van der Waals surface area contributed by atoms with Crippen LogP contribution >= 0.6 is 0 Å². The third-order valence-electron chi connectivity index (χ3n) is 3.51. The number of para-hydroxylation sites is 1. The van der Waals surface area contributed by atoms with Crippen molar-refractivity contribution in [2.45, 2.75) is 0 Å². The summed E-state index contributed by atoms with van der Waals surface area (Å²) in [6.45, 7) is 0. The van der Waals surface area contributed by atoms with Crippen molar-refractivity contribution >= 4 is 22.6 Å². The van der Waals surface area contributed by atoms with Gasteiger partial charge in [0.05, 0.1) is 17.4 Å². The highest BCUT2D eigenvalue weighted by atomic mass is 16.6. The number of carbonyl (C=O) groups excluding carboxylic acids is 1. The van der Waals surface area contributed by atoms with E-state index in [-0.39, 0.29) is 33.5 Å². The van der Waals surface area contributed by atoms with E-state index in [2.05, 4.69) is 4.74 Å². The lowest BCUT2D eigenvalue weighted by Gasteiger charge is -2.08. The number of nitrogens with zero attached hydrogens (tertiary/aromatic N) is 1. The predicted octanol–water partition coefficient (Wildman–Crippen LogP) is 3.15. The van der Waals surface area contributed by atoms with Crippen LogP contribution in [-0.4, -0.2) is 18.0 Å². The summed E-state index contributed by atoms with van der Waals surface area (Å²) in [5.74, 6) is -0.926. The molecule has 7 nitrogen and oxygen atoms in total. The number of nitro benzene ring substituents is 1. The van der Waals surface area contributed by atoms with Gasteiger partial charge in [-0.15, -0.1) is 0 Å². The van der Waals surface area contributed by atoms with Gasteiger partial charge in [-0.05, 0) is 12.1 Å². The maximum Gasteiger partial charge on any atom is 0.345 e. The number of ether oxygens (including phenoxy) is 1. The molecule has 7 heteroatoms. The molecule has 1 aromatic heterocycles. The zero-order valence-corrected chi connectivity index (χ0v) is 12.5. The molecule has 0 spiro atoms. The molecule has 0 aliphatic carbocycles. The zero-order valence-electron chi connectivity index (χ0n) is 12.5. The lowest BCUT2D eigenvalue weighted by molar-refractivity contribution is -0.384. The van der Waals surface area contributed by atoms with Crippen molar-refractivity contribution in [2.24, 2.45) is 0 Å². The fourth-order valence-electron chi connectivity index (χ4n) is 2.39. The van der Waals surface area contributed by atoms with Gasteiger partial charge in [-0.2, -0.15) is 0 Å². The Morgan fingerprint density at radius 1 is 1.17 bits per heavy atom. The SMILES string of the molecule is COC(=O)c1c(-c2cccc([N+](=O)[O-])c2)oc2ccccc2c1=O. The van der Waals surface area contributed by atoms with E-state index in [1.54, 1.807) is 18.2 Å². The molecule has 3 rings (SSSR count). The van der Waals surface area contributed by atoms with Crippen molar-refractivity contribution in [1.29, 1.82) is 0 Å². The molecule has 0 aliphatic rings. The Kier molecular flexibility index (Phi) is 3.83. The van der Waals surface area contributed by atoms with Gasteiger partial charge in [-0.25, -0.2) is 4.79 Å². The van der Waals surface area contributed by atoms with Gasteiger partial charge in [0.25, 0.3) is 5.69 Å². The van der Waals surface area contributed by atoms with Crippen LogP contribution in [0.5, 0.6) is 0 Å². The van der Waals surface area contributed by atoms with Gasteiger partial charge in [0.2, 0.25) is 5.43 Å². The quantitative estimate of drug-likeness (QED) is 0.416. The fourth-order valence-corrected chi connectivity index (χ4v) is 2.39. The Bertz CT molecular complexity index is 1020. The van der Waals surface area contributed by atoms with E-state index in [4.69, 9.17) is 4.42 Å². The second-order valence-electron chi connectivity index (χ2n) is 4.93. The molecule has 0 radical (unpaired) electrons. The Hall–Kier alpha value is -3.48. The number of benzene rings is 2. The predicted molar refractivity (Wildman–Crippen MR) is 85.9 cm³/mol. The van der Waals surface area contributed by atoms with Crippen molar-refractivity contribution in [3.05, 3.63) is 74.4 Å². The lowest BCUT2D eigenvalue weighted by atomic mass is 10.0. The molecule has 0 N–H and O–H groups in total. The second kappa shape index (κ2) is 5.96. The van der Waals surface area contributed by atoms with Crippen LogP contribution in [0.4, 0.5) is 5.69 Å². The first-order valence-electron chi connectivity index (χ1n) is 6.92. The van der Waals surface area contributed by atoms with Gasteiger partial charge < -0.3 is 9.15 Å². The third kappa shape index (κ3) is 2.52. The zero-order chi connectivity index (χ0) is 17.3. The molecule has 2 aromatic carbocycles. The Balaban J connectivity index is 2.38. The number of rotatable bonds is 3. The van der Waals surface area contributed by atoms with Crippen LogP contribution in [0.2, 0.25) is 0 Å². The van der Waals surface area contributed by atoms with Crippen molar-refractivity contribution in [2.75, 3.05) is 7.11 Å². The maximum absolute atomic E-state index is 12.6. The highest BCUT2D eigenvalue weighted by Gasteiger charge is 2.23. The number of esters is 1. The van der Waals surface area contributed by atoms with E-state index in [1.165, 1.54) is 30.3 Å². The molecule has 0 unspecified atom stereocenters. The van der Waals surface area contributed by atoms with E-state index in [9.17, 15) is 19.7 Å². The van der Waals surface area contributed by atoms with Gasteiger partial charge in [-0.3, -0.25) is 14.9 Å². The molecule has 0 aliphatic heterocycles. The van der Waals surface area contributed by atoms with Crippen LogP contribution in [0, 0.1) is 10.1 Å². The summed E-state index contributed by atoms with van der Waals surface area (Å²) in [4.78, 5) is 35.1. The summed E-state index contributed by atoms with van der Waals surface area (Å²) in [7, 11) is 1.15. The van der Waals surface area contributed by atoms with Crippen LogP contribution in [0.1, 0.15) is 10.4 Å². The number of non-ortho nitro benzene ring substituents is 1. The largest absolute Gasteiger partial charge is 0.465 e. The van der Waals surface area contributed by atoms with Gasteiger partial charge in [0.1, 0.15) is 5.58 Å². The van der Waals surface area contributed by atoms with E-state index in [0.717, 1.165) is 7.11 Å². The van der Waals surface area contributed by atoms with Crippen molar-refractivity contribution in [1.82, 2.24) is 0 Å². The molecule has 24 heavy (non-hydrogen) atoms. The van der Waals surface area contributed by atoms with Gasteiger partial charge >= 0.3 is 5.97 Å². The molecule has 120 valence electrons. The number of fused-ring (bicyclic) bond motifs is 1. The van der Waals surface area contributed by atoms with E-state index < -0.39 is 16.3 Å². The first-order chi connectivity index (χ1) is 11.5. The summed E-state index contributed by atoms with van der Waals surface area (Å²) in [5, 5.41) is 11.2. The topological polar surface area (TPSA) is 99.7 Å². The lowest BCUT2D eigenvalue weighted by Crippen LogP contribution is -2.18. The number of hydrogen-bond acceptors (Lipinski definition) is 6. The molecule has 0 bridgehead atoms. The first kappa shape index (κ1) is 15.4. The smallest absolute Gasteiger partial charge is 0.345 e. The van der Waals surface area contributed by atoms with E-state index in [0.29, 0.717) is 0 Å². The second-order valence-corrected chi connectivity index (χ2v) is 4.93. The van der Waals surface area contributed by atoms with Crippen molar-refractivity contribution < 1.29 is 18.9 Å². The number of carbonyl (C=O) groups is 1. The molecule has 0 fully saturated rings. The summed E-state index contributed by atoms with van der Waals surface area (Å²) in [6, 6.07) is 12.0. The number of nitro groups is 1. The highest BCUT2D eigenvalue weighted by Crippen LogP contribution is 2.28. The average Bonchev–Trinajstić information content (AvgIpc) is 2.61. The molecule has 0 saturated heterocycles. The number of hydrogen-bond donors (Lipinski definition) is 0. The first-order valence-corrected chi connectivity index (χ1v) is 6.92. The van der Waals surface area contributed by atoms with Gasteiger partial charge in [0, 0.05) is 17.7 Å². The van der Waals surface area contributed by atoms with Crippen LogP contribution in [-0.2, 0) is 4.74 Å². The summed E-state index contributed by atoms with van der Waals surface area (Å²) >= 11 is 0. The van der Waals surface area contributed by atoms with E-state index in [1.807, 2.05) is 0 Å². The molecule has 0 atom stereocenters. The van der Waals surface area contributed by atoms with E-state index >= 15 is 0 Å². The Labute approximate surface area is 135 Å².